The summed E-state index contributed by atoms with van der Waals surface area (Å²) < 4.78 is 5.17. The van der Waals surface area contributed by atoms with Crippen LogP contribution in [0.1, 0.15) is 40.8 Å². The second-order valence-electron chi connectivity index (χ2n) is 5.49. The largest absolute Gasteiger partial charge is 0.467 e. The predicted molar refractivity (Wildman–Crippen MR) is 78.7 cm³/mol. The SMILES string of the molecule is CC1CCc2nc(CNCC(O)c3ccco3)sc2C1. The number of aliphatic hydroxyl groups excluding tert-OH is 1. The van der Waals surface area contributed by atoms with Crippen LogP contribution in [0.15, 0.2) is 22.8 Å². The maximum absolute atomic E-state index is 9.91. The molecule has 108 valence electrons. The molecule has 0 bridgehead atoms. The number of nitrogens with zero attached hydrogens (tertiary/aromatic N) is 1. The summed E-state index contributed by atoms with van der Waals surface area (Å²) in [6.07, 6.45) is 4.51. The molecule has 2 heterocycles. The predicted octanol–water partition coefficient (Wildman–Crippen LogP) is 2.68. The molecule has 0 amide bonds. The van der Waals surface area contributed by atoms with Crippen molar-refractivity contribution in [1.29, 1.82) is 0 Å². The van der Waals surface area contributed by atoms with Crippen LogP contribution >= 0.6 is 11.3 Å². The average Bonchev–Trinajstić information content (AvgIpc) is 3.06. The standard InChI is InChI=1S/C15H20N2O2S/c1-10-4-5-11-14(7-10)20-15(17-11)9-16-8-12(18)13-3-2-6-19-13/h2-3,6,10,12,16,18H,4-5,7-9H2,1H3. The van der Waals surface area contributed by atoms with Gasteiger partial charge in [0, 0.05) is 18.0 Å². The Kier molecular flexibility index (Phi) is 4.19. The minimum absolute atomic E-state index is 0.480. The van der Waals surface area contributed by atoms with E-state index in [9.17, 15) is 5.11 Å². The number of hydrogen-bond acceptors (Lipinski definition) is 5. The summed E-state index contributed by atoms with van der Waals surface area (Å²) in [6.45, 7) is 3.50. The number of rotatable bonds is 5. The second-order valence-corrected chi connectivity index (χ2v) is 6.66. The molecule has 0 saturated carbocycles. The lowest BCUT2D eigenvalue weighted by Gasteiger charge is -2.15. The number of nitrogens with one attached hydrogen (secondary N) is 1. The third kappa shape index (κ3) is 3.11. The number of hydrogen-bond donors (Lipinski definition) is 2. The van der Waals surface area contributed by atoms with Gasteiger partial charge in [0.1, 0.15) is 16.9 Å². The highest BCUT2D eigenvalue weighted by molar-refractivity contribution is 7.11. The molecule has 1 aliphatic carbocycles. The molecule has 0 aliphatic heterocycles. The topological polar surface area (TPSA) is 58.3 Å². The Balaban J connectivity index is 1.52. The molecule has 0 aromatic carbocycles. The number of aromatic nitrogens is 1. The highest BCUT2D eigenvalue weighted by Crippen LogP contribution is 2.29. The Morgan fingerprint density at radius 1 is 1.60 bits per heavy atom. The molecule has 0 spiro atoms. The zero-order valence-corrected chi connectivity index (χ0v) is 12.4. The Morgan fingerprint density at radius 2 is 2.50 bits per heavy atom. The summed E-state index contributed by atoms with van der Waals surface area (Å²) in [5.41, 5.74) is 1.29. The van der Waals surface area contributed by atoms with Gasteiger partial charge in [-0.1, -0.05) is 6.92 Å². The lowest BCUT2D eigenvalue weighted by molar-refractivity contribution is 0.147. The lowest BCUT2D eigenvalue weighted by Crippen LogP contribution is -2.20. The van der Waals surface area contributed by atoms with Crippen molar-refractivity contribution in [3.63, 3.8) is 0 Å². The van der Waals surface area contributed by atoms with E-state index in [1.807, 2.05) is 11.3 Å². The molecular formula is C15H20N2O2S. The molecule has 3 rings (SSSR count). The van der Waals surface area contributed by atoms with Crippen molar-refractivity contribution in [2.24, 2.45) is 5.92 Å². The Hall–Kier alpha value is -1.17. The number of aliphatic hydroxyl groups is 1. The zero-order valence-electron chi connectivity index (χ0n) is 11.6. The number of thiazole rings is 1. The van der Waals surface area contributed by atoms with E-state index >= 15 is 0 Å². The zero-order chi connectivity index (χ0) is 13.9. The number of furan rings is 1. The van der Waals surface area contributed by atoms with Crippen LogP contribution in [-0.2, 0) is 19.4 Å². The molecule has 2 aromatic heterocycles. The Morgan fingerprint density at radius 3 is 3.30 bits per heavy atom. The van der Waals surface area contributed by atoms with Crippen LogP contribution in [-0.4, -0.2) is 16.6 Å². The molecule has 0 fully saturated rings. The van der Waals surface area contributed by atoms with Gasteiger partial charge in [-0.15, -0.1) is 11.3 Å². The third-order valence-electron chi connectivity index (χ3n) is 3.72. The van der Waals surface area contributed by atoms with Gasteiger partial charge in [0.2, 0.25) is 0 Å². The van der Waals surface area contributed by atoms with Gasteiger partial charge in [-0.25, -0.2) is 4.98 Å². The molecule has 2 unspecified atom stereocenters. The van der Waals surface area contributed by atoms with Gasteiger partial charge in [0.25, 0.3) is 0 Å². The van der Waals surface area contributed by atoms with Gasteiger partial charge in [-0.2, -0.15) is 0 Å². The highest BCUT2D eigenvalue weighted by Gasteiger charge is 2.19. The third-order valence-corrected chi connectivity index (χ3v) is 4.84. The number of aryl methyl sites for hydroxylation is 1. The molecule has 20 heavy (non-hydrogen) atoms. The van der Waals surface area contributed by atoms with Gasteiger partial charge in [-0.05, 0) is 37.3 Å². The quantitative estimate of drug-likeness (QED) is 0.889. The second kappa shape index (κ2) is 6.08. The van der Waals surface area contributed by atoms with Crippen LogP contribution in [0.2, 0.25) is 0 Å². The van der Waals surface area contributed by atoms with E-state index in [1.54, 1.807) is 18.4 Å². The van der Waals surface area contributed by atoms with Crippen molar-refractivity contribution in [3.8, 4) is 0 Å². The van der Waals surface area contributed by atoms with Crippen LogP contribution in [0, 0.1) is 5.92 Å². The van der Waals surface area contributed by atoms with Gasteiger partial charge < -0.3 is 14.8 Å². The van der Waals surface area contributed by atoms with E-state index in [2.05, 4.69) is 12.2 Å². The average molecular weight is 292 g/mol. The molecule has 0 saturated heterocycles. The van der Waals surface area contributed by atoms with Crippen LogP contribution in [0.3, 0.4) is 0 Å². The molecule has 5 heteroatoms. The minimum Gasteiger partial charge on any atom is -0.467 e. The van der Waals surface area contributed by atoms with E-state index in [0.717, 1.165) is 17.3 Å². The van der Waals surface area contributed by atoms with Crippen molar-refractivity contribution in [2.45, 2.75) is 38.8 Å². The van der Waals surface area contributed by atoms with Crippen LogP contribution in [0.4, 0.5) is 0 Å². The molecule has 4 nitrogen and oxygen atoms in total. The van der Waals surface area contributed by atoms with Crippen LogP contribution in [0.5, 0.6) is 0 Å². The van der Waals surface area contributed by atoms with E-state index < -0.39 is 6.10 Å². The molecule has 2 atom stereocenters. The summed E-state index contributed by atoms with van der Waals surface area (Å²) >= 11 is 1.81. The molecule has 0 radical (unpaired) electrons. The summed E-state index contributed by atoms with van der Waals surface area (Å²) in [5, 5.41) is 14.3. The summed E-state index contributed by atoms with van der Waals surface area (Å²) in [4.78, 5) is 6.15. The summed E-state index contributed by atoms with van der Waals surface area (Å²) in [6, 6.07) is 3.57. The summed E-state index contributed by atoms with van der Waals surface area (Å²) in [7, 11) is 0. The minimum atomic E-state index is -0.598. The Bertz CT molecular complexity index is 550. The maximum atomic E-state index is 9.91. The highest BCUT2D eigenvalue weighted by atomic mass is 32.1. The first-order valence-electron chi connectivity index (χ1n) is 7.12. The van der Waals surface area contributed by atoms with E-state index in [4.69, 9.17) is 9.40 Å². The fourth-order valence-electron chi connectivity index (χ4n) is 2.57. The van der Waals surface area contributed by atoms with E-state index in [0.29, 0.717) is 18.8 Å². The van der Waals surface area contributed by atoms with E-state index in [1.165, 1.54) is 23.4 Å². The molecule has 1 aliphatic rings. The monoisotopic (exact) mass is 292 g/mol. The smallest absolute Gasteiger partial charge is 0.133 e. The molecular weight excluding hydrogens is 272 g/mol. The van der Waals surface area contributed by atoms with Crippen LogP contribution < -0.4 is 5.32 Å². The number of fused-ring (bicyclic) bond motifs is 1. The molecule has 2 N–H and O–H groups in total. The van der Waals surface area contributed by atoms with Crippen molar-refractivity contribution in [2.75, 3.05) is 6.54 Å². The fraction of sp³-hybridized carbons (Fsp3) is 0.533. The fourth-order valence-corrected chi connectivity index (χ4v) is 3.81. The lowest BCUT2D eigenvalue weighted by atomic mass is 9.93. The van der Waals surface area contributed by atoms with E-state index in [-0.39, 0.29) is 0 Å². The van der Waals surface area contributed by atoms with Gasteiger partial charge >= 0.3 is 0 Å². The first kappa shape index (κ1) is 13.8. The normalized spacial score (nSPS) is 19.8. The van der Waals surface area contributed by atoms with Crippen molar-refractivity contribution < 1.29 is 9.52 Å². The van der Waals surface area contributed by atoms with Gasteiger partial charge in [0.05, 0.1) is 12.0 Å². The maximum Gasteiger partial charge on any atom is 0.133 e. The first-order valence-corrected chi connectivity index (χ1v) is 7.93. The van der Waals surface area contributed by atoms with Crippen molar-refractivity contribution >= 4 is 11.3 Å². The summed E-state index contributed by atoms with van der Waals surface area (Å²) in [5.74, 6) is 1.38. The van der Waals surface area contributed by atoms with Gasteiger partial charge in [0.15, 0.2) is 0 Å². The first-order chi connectivity index (χ1) is 9.72. The van der Waals surface area contributed by atoms with Gasteiger partial charge in [-0.3, -0.25) is 0 Å². The Labute approximate surface area is 122 Å². The van der Waals surface area contributed by atoms with Crippen molar-refractivity contribution in [1.82, 2.24) is 10.3 Å². The van der Waals surface area contributed by atoms with Crippen molar-refractivity contribution in [3.05, 3.63) is 39.7 Å². The van der Waals surface area contributed by atoms with Crippen LogP contribution in [0.25, 0.3) is 0 Å². The molecule has 2 aromatic rings.